The molecule has 0 atom stereocenters. The predicted octanol–water partition coefficient (Wildman–Crippen LogP) is 2.31. The lowest BCUT2D eigenvalue weighted by Crippen LogP contribution is -2.33. The summed E-state index contributed by atoms with van der Waals surface area (Å²) in [6.07, 6.45) is 4.24. The Morgan fingerprint density at radius 2 is 2.23 bits per heavy atom. The van der Waals surface area contributed by atoms with Crippen LogP contribution in [0.3, 0.4) is 0 Å². The molecule has 0 aromatic rings. The Balaban J connectivity index is 1.97. The van der Waals surface area contributed by atoms with Crippen LogP contribution < -0.4 is 5.32 Å². The van der Waals surface area contributed by atoms with E-state index in [2.05, 4.69) is 19.2 Å². The predicted molar refractivity (Wildman–Crippen MR) is 51.6 cm³/mol. The Hall–Kier alpha value is -0.730. The van der Waals surface area contributed by atoms with E-state index in [4.69, 9.17) is 4.74 Å². The van der Waals surface area contributed by atoms with E-state index >= 15 is 0 Å². The van der Waals surface area contributed by atoms with Crippen LogP contribution >= 0.6 is 0 Å². The van der Waals surface area contributed by atoms with Crippen LogP contribution in [-0.4, -0.2) is 18.7 Å². The van der Waals surface area contributed by atoms with Crippen LogP contribution in [0.2, 0.25) is 0 Å². The van der Waals surface area contributed by atoms with Crippen molar-refractivity contribution >= 4 is 6.09 Å². The van der Waals surface area contributed by atoms with Gasteiger partial charge in [-0.2, -0.15) is 0 Å². The third-order valence-electron chi connectivity index (χ3n) is 2.32. The average molecular weight is 185 g/mol. The van der Waals surface area contributed by atoms with Crippen molar-refractivity contribution in [1.29, 1.82) is 0 Å². The molecule has 1 aliphatic rings. The Morgan fingerprint density at radius 3 is 2.69 bits per heavy atom. The van der Waals surface area contributed by atoms with Gasteiger partial charge in [0.25, 0.3) is 0 Å². The van der Waals surface area contributed by atoms with E-state index in [-0.39, 0.29) is 12.2 Å². The SMILES string of the molecule is CC(C)CCNC(=O)OC1CCC1. The number of carbonyl (C=O) groups is 1. The Bertz CT molecular complexity index is 164. The molecule has 0 aromatic heterocycles. The van der Waals surface area contributed by atoms with Gasteiger partial charge in [0, 0.05) is 6.54 Å². The molecule has 1 saturated carbocycles. The standard InChI is InChI=1S/C10H19NO2/c1-8(2)6-7-11-10(12)13-9-4-3-5-9/h8-9H,3-7H2,1-2H3,(H,11,12). The van der Waals surface area contributed by atoms with Gasteiger partial charge in [-0.1, -0.05) is 13.8 Å². The number of ether oxygens (including phenoxy) is 1. The number of alkyl carbamates (subject to hydrolysis) is 1. The van der Waals surface area contributed by atoms with Crippen molar-refractivity contribution in [3.05, 3.63) is 0 Å². The normalized spacial score (nSPS) is 16.8. The molecule has 0 aliphatic heterocycles. The molecule has 3 heteroatoms. The zero-order chi connectivity index (χ0) is 9.68. The summed E-state index contributed by atoms with van der Waals surface area (Å²) in [7, 11) is 0. The van der Waals surface area contributed by atoms with Crippen LogP contribution in [-0.2, 0) is 4.74 Å². The molecular weight excluding hydrogens is 166 g/mol. The van der Waals surface area contributed by atoms with Crippen LogP contribution in [0.15, 0.2) is 0 Å². The zero-order valence-electron chi connectivity index (χ0n) is 8.51. The molecule has 1 N–H and O–H groups in total. The third-order valence-corrected chi connectivity index (χ3v) is 2.32. The third kappa shape index (κ3) is 4.15. The lowest BCUT2D eigenvalue weighted by molar-refractivity contribution is 0.0524. The minimum absolute atomic E-state index is 0.194. The van der Waals surface area contributed by atoms with Gasteiger partial charge in [-0.25, -0.2) is 4.79 Å². The zero-order valence-corrected chi connectivity index (χ0v) is 8.51. The molecule has 0 bridgehead atoms. The van der Waals surface area contributed by atoms with Crippen molar-refractivity contribution in [2.24, 2.45) is 5.92 Å². The van der Waals surface area contributed by atoms with Gasteiger partial charge in [-0.05, 0) is 31.6 Å². The highest BCUT2D eigenvalue weighted by Gasteiger charge is 2.21. The molecule has 0 unspecified atom stereocenters. The number of amides is 1. The highest BCUT2D eigenvalue weighted by atomic mass is 16.6. The first kappa shape index (κ1) is 10.4. The molecule has 0 saturated heterocycles. The van der Waals surface area contributed by atoms with Gasteiger partial charge in [-0.15, -0.1) is 0 Å². The molecule has 0 aromatic carbocycles. The molecular formula is C10H19NO2. The fourth-order valence-corrected chi connectivity index (χ4v) is 1.14. The van der Waals surface area contributed by atoms with Gasteiger partial charge in [-0.3, -0.25) is 0 Å². The molecule has 0 spiro atoms. The molecule has 76 valence electrons. The van der Waals surface area contributed by atoms with E-state index in [0.29, 0.717) is 5.92 Å². The first-order valence-corrected chi connectivity index (χ1v) is 5.13. The number of nitrogens with one attached hydrogen (secondary N) is 1. The van der Waals surface area contributed by atoms with E-state index in [9.17, 15) is 4.79 Å². The molecule has 1 fully saturated rings. The van der Waals surface area contributed by atoms with Gasteiger partial charge >= 0.3 is 6.09 Å². The van der Waals surface area contributed by atoms with Crippen molar-refractivity contribution in [1.82, 2.24) is 5.32 Å². The maximum absolute atomic E-state index is 11.1. The number of hydrogen-bond donors (Lipinski definition) is 1. The van der Waals surface area contributed by atoms with Crippen LogP contribution in [0.25, 0.3) is 0 Å². The van der Waals surface area contributed by atoms with Gasteiger partial charge < -0.3 is 10.1 Å². The Labute approximate surface area is 79.8 Å². The van der Waals surface area contributed by atoms with Gasteiger partial charge in [0.1, 0.15) is 6.10 Å². The van der Waals surface area contributed by atoms with Gasteiger partial charge in [0.15, 0.2) is 0 Å². The number of rotatable bonds is 4. The topological polar surface area (TPSA) is 38.3 Å². The van der Waals surface area contributed by atoms with Crippen molar-refractivity contribution in [3.8, 4) is 0 Å². The number of carbonyl (C=O) groups excluding carboxylic acids is 1. The second-order valence-electron chi connectivity index (χ2n) is 4.07. The molecule has 1 rings (SSSR count). The number of hydrogen-bond acceptors (Lipinski definition) is 2. The molecule has 1 amide bonds. The monoisotopic (exact) mass is 185 g/mol. The summed E-state index contributed by atoms with van der Waals surface area (Å²) >= 11 is 0. The van der Waals surface area contributed by atoms with Crippen molar-refractivity contribution < 1.29 is 9.53 Å². The smallest absolute Gasteiger partial charge is 0.407 e. The van der Waals surface area contributed by atoms with Crippen molar-refractivity contribution in [2.75, 3.05) is 6.54 Å². The van der Waals surface area contributed by atoms with Crippen molar-refractivity contribution in [2.45, 2.75) is 45.6 Å². The van der Waals surface area contributed by atoms with E-state index in [1.807, 2.05) is 0 Å². The fourth-order valence-electron chi connectivity index (χ4n) is 1.14. The first-order chi connectivity index (χ1) is 6.18. The van der Waals surface area contributed by atoms with E-state index in [1.54, 1.807) is 0 Å². The summed E-state index contributed by atoms with van der Waals surface area (Å²) in [4.78, 5) is 11.1. The average Bonchev–Trinajstić information content (AvgIpc) is 1.96. The van der Waals surface area contributed by atoms with E-state index in [0.717, 1.165) is 25.8 Å². The summed E-state index contributed by atoms with van der Waals surface area (Å²) < 4.78 is 5.12. The quantitative estimate of drug-likeness (QED) is 0.730. The maximum Gasteiger partial charge on any atom is 0.407 e. The van der Waals surface area contributed by atoms with Gasteiger partial charge in [0.05, 0.1) is 0 Å². The van der Waals surface area contributed by atoms with E-state index < -0.39 is 0 Å². The van der Waals surface area contributed by atoms with Gasteiger partial charge in [0.2, 0.25) is 0 Å². The largest absolute Gasteiger partial charge is 0.446 e. The van der Waals surface area contributed by atoms with Crippen molar-refractivity contribution in [3.63, 3.8) is 0 Å². The lowest BCUT2D eigenvalue weighted by atomic mass is 9.96. The second kappa shape index (κ2) is 5.10. The van der Waals surface area contributed by atoms with Crippen LogP contribution in [0.4, 0.5) is 4.79 Å². The fraction of sp³-hybridized carbons (Fsp3) is 0.900. The highest BCUT2D eigenvalue weighted by molar-refractivity contribution is 5.67. The summed E-state index contributed by atoms with van der Waals surface area (Å²) in [5.74, 6) is 0.629. The summed E-state index contributed by atoms with van der Waals surface area (Å²) in [5, 5.41) is 2.75. The summed E-state index contributed by atoms with van der Waals surface area (Å²) in [5.41, 5.74) is 0. The van der Waals surface area contributed by atoms with Crippen LogP contribution in [0, 0.1) is 5.92 Å². The molecule has 3 nitrogen and oxygen atoms in total. The summed E-state index contributed by atoms with van der Waals surface area (Å²) in [6, 6.07) is 0. The maximum atomic E-state index is 11.1. The first-order valence-electron chi connectivity index (χ1n) is 5.13. The molecule has 1 aliphatic carbocycles. The Kier molecular flexibility index (Phi) is 4.06. The molecule has 0 heterocycles. The minimum atomic E-state index is -0.245. The minimum Gasteiger partial charge on any atom is -0.446 e. The Morgan fingerprint density at radius 1 is 1.54 bits per heavy atom. The summed E-state index contributed by atoms with van der Waals surface area (Å²) in [6.45, 7) is 5.00. The molecule has 0 radical (unpaired) electrons. The lowest BCUT2D eigenvalue weighted by Gasteiger charge is -2.25. The van der Waals surface area contributed by atoms with Crippen LogP contribution in [0.5, 0.6) is 0 Å². The second-order valence-corrected chi connectivity index (χ2v) is 4.07. The molecule has 13 heavy (non-hydrogen) atoms. The van der Waals surface area contributed by atoms with Crippen LogP contribution in [0.1, 0.15) is 39.5 Å². The van der Waals surface area contributed by atoms with E-state index in [1.165, 1.54) is 6.42 Å². The highest BCUT2D eigenvalue weighted by Crippen LogP contribution is 2.21.